The normalized spacial score (nSPS) is 19.5. The van der Waals surface area contributed by atoms with Gasteiger partial charge in [0.2, 0.25) is 11.8 Å². The third-order valence-corrected chi connectivity index (χ3v) is 12.9. The fraction of sp³-hybridized carbons (Fsp3) is 0.537. The maximum atomic E-state index is 13.6. The first-order valence-corrected chi connectivity index (χ1v) is 20.0. The summed E-state index contributed by atoms with van der Waals surface area (Å²) in [4.78, 5) is 62.1. The van der Waals surface area contributed by atoms with Gasteiger partial charge in [-0.3, -0.25) is 23.9 Å². The molecule has 2 aliphatic carbocycles. The monoisotopic (exact) mass is 744 g/mol. The van der Waals surface area contributed by atoms with E-state index in [1.807, 2.05) is 29.1 Å². The second-order valence-corrected chi connectivity index (χ2v) is 17.0. The van der Waals surface area contributed by atoms with E-state index in [9.17, 15) is 19.2 Å². The van der Waals surface area contributed by atoms with E-state index in [1.54, 1.807) is 28.3 Å². The molecular weight excluding hydrogens is 697 g/mol. The predicted molar refractivity (Wildman–Crippen MR) is 204 cm³/mol. The molecule has 0 unspecified atom stereocenters. The Morgan fingerprint density at radius 3 is 2.13 bits per heavy atom. The maximum Gasteiger partial charge on any atom is 0.251 e. The Kier molecular flexibility index (Phi) is 8.21. The van der Waals surface area contributed by atoms with Gasteiger partial charge in [-0.2, -0.15) is 15.3 Å². The lowest BCUT2D eigenvalue weighted by Crippen LogP contribution is -2.48. The van der Waals surface area contributed by atoms with E-state index in [-0.39, 0.29) is 28.9 Å². The molecular formula is C41H48N10O4. The number of fused-ring (bicyclic) bond motifs is 2. The number of carbonyl (C=O) groups excluding carboxylic acids is 2. The average molecular weight is 745 g/mol. The SMILES string of the molecule is Cc1cc(=O)n(CCc2cc(=O)n(C)c3c2CN(C(=O)CC2CN(c4cnnc(C5CC5)c4)C2)C3)c2c1CN(C(=O)CC1CN(c3cnn(C4CC4)c3)C1)C2. The predicted octanol–water partition coefficient (Wildman–Crippen LogP) is 3.03. The fourth-order valence-electron chi connectivity index (χ4n) is 9.15. The molecule has 14 heteroatoms. The number of anilines is 2. The highest BCUT2D eigenvalue weighted by atomic mass is 16.2. The third kappa shape index (κ3) is 6.42. The Labute approximate surface area is 319 Å². The summed E-state index contributed by atoms with van der Waals surface area (Å²) in [5.41, 5.74) is 8.67. The molecule has 2 saturated heterocycles. The largest absolute Gasteiger partial charge is 0.369 e. The van der Waals surface area contributed by atoms with Crippen LogP contribution in [-0.2, 0) is 55.8 Å². The minimum absolute atomic E-state index is 0.0925. The lowest BCUT2D eigenvalue weighted by Gasteiger charge is -2.41. The minimum Gasteiger partial charge on any atom is -0.369 e. The number of rotatable bonds is 11. The van der Waals surface area contributed by atoms with Crippen molar-refractivity contribution in [1.82, 2.24) is 38.9 Å². The van der Waals surface area contributed by atoms with Crippen molar-refractivity contribution in [2.24, 2.45) is 18.9 Å². The van der Waals surface area contributed by atoms with E-state index in [0.717, 1.165) is 76.9 Å². The number of nitrogens with zero attached hydrogens (tertiary/aromatic N) is 10. The molecule has 0 radical (unpaired) electrons. The molecule has 0 bridgehead atoms. The van der Waals surface area contributed by atoms with E-state index in [2.05, 4.69) is 42.0 Å². The highest BCUT2D eigenvalue weighted by Crippen LogP contribution is 2.40. The zero-order valence-corrected chi connectivity index (χ0v) is 31.7. The molecule has 0 atom stereocenters. The van der Waals surface area contributed by atoms with Crippen molar-refractivity contribution in [2.75, 3.05) is 36.0 Å². The molecule has 2 saturated carbocycles. The summed E-state index contributed by atoms with van der Waals surface area (Å²) >= 11 is 0. The van der Waals surface area contributed by atoms with Gasteiger partial charge in [0.05, 0.1) is 48.6 Å². The molecule has 55 heavy (non-hydrogen) atoms. The summed E-state index contributed by atoms with van der Waals surface area (Å²) in [6.45, 7) is 7.45. The van der Waals surface area contributed by atoms with Crippen molar-refractivity contribution in [3.8, 4) is 0 Å². The molecule has 6 aliphatic rings. The van der Waals surface area contributed by atoms with Crippen LogP contribution >= 0.6 is 0 Å². The van der Waals surface area contributed by atoms with Crippen molar-refractivity contribution in [3.63, 3.8) is 0 Å². The van der Waals surface area contributed by atoms with E-state index < -0.39 is 0 Å². The molecule has 0 N–H and O–H groups in total. The lowest BCUT2D eigenvalue weighted by atomic mass is 9.95. The van der Waals surface area contributed by atoms with Crippen molar-refractivity contribution < 1.29 is 9.59 Å². The van der Waals surface area contributed by atoms with Crippen LogP contribution in [0.1, 0.15) is 89.8 Å². The first-order chi connectivity index (χ1) is 26.6. The van der Waals surface area contributed by atoms with Crippen molar-refractivity contribution in [1.29, 1.82) is 0 Å². The fourth-order valence-corrected chi connectivity index (χ4v) is 9.15. The van der Waals surface area contributed by atoms with Gasteiger partial charge in [-0.25, -0.2) is 0 Å². The lowest BCUT2D eigenvalue weighted by molar-refractivity contribution is -0.133. The molecule has 14 nitrogen and oxygen atoms in total. The summed E-state index contributed by atoms with van der Waals surface area (Å²) in [5.74, 6) is 1.33. The topological polar surface area (TPSA) is 135 Å². The van der Waals surface area contributed by atoms with Gasteiger partial charge < -0.3 is 28.7 Å². The summed E-state index contributed by atoms with van der Waals surface area (Å²) in [7, 11) is 1.77. The van der Waals surface area contributed by atoms with Gasteiger partial charge >= 0.3 is 0 Å². The summed E-state index contributed by atoms with van der Waals surface area (Å²) in [5, 5.41) is 13.0. The number of hydrogen-bond donors (Lipinski definition) is 0. The van der Waals surface area contributed by atoms with Crippen LogP contribution in [0.5, 0.6) is 0 Å². The van der Waals surface area contributed by atoms with Crippen LogP contribution in [0.15, 0.2) is 46.4 Å². The Morgan fingerprint density at radius 1 is 0.764 bits per heavy atom. The van der Waals surface area contributed by atoms with E-state index >= 15 is 0 Å². The molecule has 2 amide bonds. The molecule has 4 aromatic heterocycles. The van der Waals surface area contributed by atoms with Crippen molar-refractivity contribution in [3.05, 3.63) is 96.8 Å². The highest BCUT2D eigenvalue weighted by molar-refractivity contribution is 5.78. The highest BCUT2D eigenvalue weighted by Gasteiger charge is 2.37. The number of amides is 2. The number of pyridine rings is 2. The molecule has 4 fully saturated rings. The van der Waals surface area contributed by atoms with Gasteiger partial charge in [-0.15, -0.1) is 0 Å². The van der Waals surface area contributed by atoms with E-state index in [1.165, 1.54) is 25.7 Å². The number of carbonyl (C=O) groups is 2. The molecule has 0 aromatic carbocycles. The van der Waals surface area contributed by atoms with Crippen LogP contribution in [-0.4, -0.2) is 76.9 Å². The van der Waals surface area contributed by atoms with Crippen molar-refractivity contribution in [2.45, 2.75) is 96.6 Å². The number of hydrogen-bond acceptors (Lipinski definition) is 9. The van der Waals surface area contributed by atoms with Crippen LogP contribution in [0, 0.1) is 18.8 Å². The first-order valence-electron chi connectivity index (χ1n) is 20.0. The number of aromatic nitrogens is 6. The van der Waals surface area contributed by atoms with Crippen LogP contribution in [0.2, 0.25) is 0 Å². The van der Waals surface area contributed by atoms with Gasteiger partial charge in [0.25, 0.3) is 11.1 Å². The molecule has 10 rings (SSSR count). The van der Waals surface area contributed by atoms with E-state index in [4.69, 9.17) is 0 Å². The average Bonchev–Trinajstić information content (AvgIpc) is 4.03. The molecule has 8 heterocycles. The molecule has 4 aromatic rings. The smallest absolute Gasteiger partial charge is 0.251 e. The quantitative estimate of drug-likeness (QED) is 0.227. The first kappa shape index (κ1) is 34.2. The summed E-state index contributed by atoms with van der Waals surface area (Å²) in [6, 6.07) is 6.04. The molecule has 0 spiro atoms. The van der Waals surface area contributed by atoms with Crippen LogP contribution in [0.4, 0.5) is 11.4 Å². The van der Waals surface area contributed by atoms with Gasteiger partial charge in [0.1, 0.15) is 0 Å². The van der Waals surface area contributed by atoms with E-state index in [0.29, 0.717) is 69.9 Å². The Hall–Kier alpha value is -5.27. The second-order valence-electron chi connectivity index (χ2n) is 17.0. The number of aryl methyl sites for hydroxylation is 2. The Balaban J connectivity index is 0.767. The Morgan fingerprint density at radius 2 is 1.44 bits per heavy atom. The zero-order valence-electron chi connectivity index (χ0n) is 31.7. The van der Waals surface area contributed by atoms with Crippen LogP contribution in [0.3, 0.4) is 0 Å². The summed E-state index contributed by atoms with van der Waals surface area (Å²) in [6.07, 6.45) is 12.1. The van der Waals surface area contributed by atoms with Gasteiger partial charge in [0.15, 0.2) is 0 Å². The van der Waals surface area contributed by atoms with Crippen LogP contribution < -0.4 is 20.9 Å². The minimum atomic E-state index is -0.112. The maximum absolute atomic E-state index is 13.6. The Bertz CT molecular complexity index is 2330. The van der Waals surface area contributed by atoms with Gasteiger partial charge in [-0.05, 0) is 67.3 Å². The zero-order chi connectivity index (χ0) is 37.5. The summed E-state index contributed by atoms with van der Waals surface area (Å²) < 4.78 is 5.52. The van der Waals surface area contributed by atoms with Crippen LogP contribution in [0.25, 0.3) is 0 Å². The molecule has 286 valence electrons. The second kappa shape index (κ2) is 13.2. The standard InChI is InChI=1S/C41H48N10O4/c1-25-9-41(55)50(37-24-48(21-33(25)37)39(53)11-27-18-47(19-27)32-15-43-51(20-32)30-5-6-30)8-7-29-12-38(52)45(2)36-23-49(22-34(29)36)40(54)10-26-16-46(17-26)31-13-35(28-3-4-28)44-42-14-31/h9,12-15,20,26-28,30H,3-8,10-11,16-19,21-24H2,1-2H3. The van der Waals surface area contributed by atoms with Gasteiger partial charge in [-0.1, -0.05) is 0 Å². The van der Waals surface area contributed by atoms with Gasteiger partial charge in [0, 0.05) is 113 Å². The third-order valence-electron chi connectivity index (χ3n) is 12.9. The van der Waals surface area contributed by atoms with Crippen molar-refractivity contribution >= 4 is 23.2 Å². The molecule has 4 aliphatic heterocycles.